The molecule has 0 aliphatic heterocycles. The second-order valence-electron chi connectivity index (χ2n) is 3.09. The van der Waals surface area contributed by atoms with Gasteiger partial charge in [-0.2, -0.15) is 0 Å². The van der Waals surface area contributed by atoms with Crippen molar-refractivity contribution in [3.63, 3.8) is 0 Å². The van der Waals surface area contributed by atoms with Crippen LogP contribution < -0.4 is 5.76 Å². The van der Waals surface area contributed by atoms with Crippen molar-refractivity contribution in [2.24, 2.45) is 0 Å². The fourth-order valence-electron chi connectivity index (χ4n) is 1.37. The topological polar surface area (TPSA) is 55.2 Å². The van der Waals surface area contributed by atoms with E-state index in [1.165, 1.54) is 0 Å². The molecule has 0 aliphatic carbocycles. The molecule has 0 saturated carbocycles. The maximum Gasteiger partial charge on any atom is 0.417 e. The quantitative estimate of drug-likeness (QED) is 0.799. The van der Waals surface area contributed by atoms with Gasteiger partial charge in [-0.1, -0.05) is 6.07 Å². The van der Waals surface area contributed by atoms with Gasteiger partial charge in [0.2, 0.25) is 0 Å². The molecule has 4 nitrogen and oxygen atoms in total. The van der Waals surface area contributed by atoms with E-state index in [0.717, 1.165) is 17.5 Å². The summed E-state index contributed by atoms with van der Waals surface area (Å²) in [6, 6.07) is 5.62. The van der Waals surface area contributed by atoms with E-state index < -0.39 is 5.76 Å². The molecule has 0 spiro atoms. The van der Waals surface area contributed by atoms with E-state index in [-0.39, 0.29) is 0 Å². The van der Waals surface area contributed by atoms with Gasteiger partial charge in [-0.05, 0) is 24.1 Å². The number of aromatic nitrogens is 1. The lowest BCUT2D eigenvalue weighted by Gasteiger charge is -1.98. The molecule has 0 atom stereocenters. The number of H-pyrrole nitrogens is 1. The molecule has 1 heterocycles. The molecule has 0 saturated heterocycles. The predicted molar refractivity (Wildman–Crippen MR) is 52.4 cm³/mol. The van der Waals surface area contributed by atoms with Gasteiger partial charge in [0.1, 0.15) is 0 Å². The molecule has 74 valence electrons. The van der Waals surface area contributed by atoms with Crippen LogP contribution in [0, 0.1) is 0 Å². The molecule has 2 rings (SSSR count). The van der Waals surface area contributed by atoms with Crippen molar-refractivity contribution in [3.8, 4) is 0 Å². The van der Waals surface area contributed by atoms with E-state index in [1.54, 1.807) is 13.2 Å². The van der Waals surface area contributed by atoms with Crippen LogP contribution >= 0.6 is 0 Å². The van der Waals surface area contributed by atoms with E-state index in [1.807, 2.05) is 12.1 Å². The molecule has 4 heteroatoms. The Morgan fingerprint density at radius 3 is 3.14 bits per heavy atom. The monoisotopic (exact) mass is 193 g/mol. The summed E-state index contributed by atoms with van der Waals surface area (Å²) in [5.41, 5.74) is 2.45. The van der Waals surface area contributed by atoms with Crippen molar-refractivity contribution in [1.29, 1.82) is 0 Å². The molecule has 1 N–H and O–H groups in total. The molecule has 1 aromatic heterocycles. The Labute approximate surface area is 80.5 Å². The summed E-state index contributed by atoms with van der Waals surface area (Å²) in [7, 11) is 1.66. The highest BCUT2D eigenvalue weighted by Crippen LogP contribution is 2.12. The first-order chi connectivity index (χ1) is 6.79. The van der Waals surface area contributed by atoms with Crippen LogP contribution in [0.3, 0.4) is 0 Å². The zero-order valence-electron chi connectivity index (χ0n) is 7.87. The molecule has 2 aromatic rings. The number of hydrogen-bond acceptors (Lipinski definition) is 3. The minimum Gasteiger partial charge on any atom is -0.408 e. The number of ether oxygens (including phenoxy) is 1. The SMILES string of the molecule is COCCc1ccc2oc(=O)[nH]c2c1. The van der Waals surface area contributed by atoms with Crippen molar-refractivity contribution in [2.45, 2.75) is 6.42 Å². The van der Waals surface area contributed by atoms with Crippen molar-refractivity contribution < 1.29 is 9.15 Å². The molecule has 0 amide bonds. The zero-order chi connectivity index (χ0) is 9.97. The fraction of sp³-hybridized carbons (Fsp3) is 0.300. The third kappa shape index (κ3) is 1.70. The Kier molecular flexibility index (Phi) is 2.37. The second-order valence-corrected chi connectivity index (χ2v) is 3.09. The van der Waals surface area contributed by atoms with Crippen molar-refractivity contribution in [3.05, 3.63) is 34.3 Å². The Morgan fingerprint density at radius 1 is 1.50 bits per heavy atom. The van der Waals surface area contributed by atoms with Crippen LogP contribution in [0.5, 0.6) is 0 Å². The summed E-state index contributed by atoms with van der Waals surface area (Å²) in [6.45, 7) is 0.674. The van der Waals surface area contributed by atoms with Crippen LogP contribution in [0.2, 0.25) is 0 Å². The second kappa shape index (κ2) is 3.67. The van der Waals surface area contributed by atoms with Gasteiger partial charge in [-0.25, -0.2) is 4.79 Å². The highest BCUT2D eigenvalue weighted by molar-refractivity contribution is 5.72. The number of aromatic amines is 1. The maximum absolute atomic E-state index is 10.9. The van der Waals surface area contributed by atoms with Crippen LogP contribution in [-0.2, 0) is 11.2 Å². The van der Waals surface area contributed by atoms with Crippen LogP contribution in [0.4, 0.5) is 0 Å². The number of methoxy groups -OCH3 is 1. The lowest BCUT2D eigenvalue weighted by molar-refractivity contribution is 0.202. The number of fused-ring (bicyclic) bond motifs is 1. The number of hydrogen-bond donors (Lipinski definition) is 1. The normalized spacial score (nSPS) is 10.9. The average molecular weight is 193 g/mol. The third-order valence-electron chi connectivity index (χ3n) is 2.08. The molecule has 0 aliphatic rings. The van der Waals surface area contributed by atoms with E-state index >= 15 is 0 Å². The van der Waals surface area contributed by atoms with E-state index in [0.29, 0.717) is 12.2 Å². The fourth-order valence-corrected chi connectivity index (χ4v) is 1.37. The molecular weight excluding hydrogens is 182 g/mol. The number of nitrogens with one attached hydrogen (secondary N) is 1. The van der Waals surface area contributed by atoms with Crippen LogP contribution in [0.1, 0.15) is 5.56 Å². The first-order valence-corrected chi connectivity index (χ1v) is 4.40. The maximum atomic E-state index is 10.9. The first-order valence-electron chi connectivity index (χ1n) is 4.40. The molecule has 14 heavy (non-hydrogen) atoms. The molecule has 0 bridgehead atoms. The summed E-state index contributed by atoms with van der Waals surface area (Å²) in [4.78, 5) is 13.5. The molecule has 0 unspecified atom stereocenters. The summed E-state index contributed by atoms with van der Waals surface area (Å²) < 4.78 is 9.85. The van der Waals surface area contributed by atoms with Gasteiger partial charge in [0.15, 0.2) is 5.58 Å². The van der Waals surface area contributed by atoms with Gasteiger partial charge in [0.25, 0.3) is 0 Å². The number of rotatable bonds is 3. The minimum absolute atomic E-state index is 0.413. The van der Waals surface area contributed by atoms with Crippen LogP contribution in [-0.4, -0.2) is 18.7 Å². The molecule has 0 fully saturated rings. The molecular formula is C10H11NO3. The standard InChI is InChI=1S/C10H11NO3/c1-13-5-4-7-2-3-9-8(6-7)11-10(12)14-9/h2-3,6H,4-5H2,1H3,(H,11,12). The van der Waals surface area contributed by atoms with Gasteiger partial charge < -0.3 is 9.15 Å². The Hall–Kier alpha value is -1.55. The molecule has 0 radical (unpaired) electrons. The molecule has 1 aromatic carbocycles. The van der Waals surface area contributed by atoms with Crippen LogP contribution in [0.15, 0.2) is 27.4 Å². The predicted octanol–water partition coefficient (Wildman–Crippen LogP) is 1.31. The van der Waals surface area contributed by atoms with Gasteiger partial charge in [-0.3, -0.25) is 4.98 Å². The zero-order valence-corrected chi connectivity index (χ0v) is 7.87. The largest absolute Gasteiger partial charge is 0.417 e. The smallest absolute Gasteiger partial charge is 0.408 e. The lowest BCUT2D eigenvalue weighted by atomic mass is 10.1. The third-order valence-corrected chi connectivity index (χ3v) is 2.08. The summed E-state index contributed by atoms with van der Waals surface area (Å²) in [5, 5.41) is 0. The Morgan fingerprint density at radius 2 is 2.36 bits per heavy atom. The highest BCUT2D eigenvalue weighted by Gasteiger charge is 2.01. The number of oxazole rings is 1. The number of benzene rings is 1. The Bertz CT molecular complexity index is 483. The van der Waals surface area contributed by atoms with Crippen molar-refractivity contribution in [2.75, 3.05) is 13.7 Å². The van der Waals surface area contributed by atoms with E-state index in [9.17, 15) is 4.79 Å². The summed E-state index contributed by atoms with van der Waals surface area (Å²) in [6.07, 6.45) is 0.833. The summed E-state index contributed by atoms with van der Waals surface area (Å²) >= 11 is 0. The van der Waals surface area contributed by atoms with Crippen molar-refractivity contribution in [1.82, 2.24) is 4.98 Å². The Balaban J connectivity index is 2.35. The van der Waals surface area contributed by atoms with Crippen LogP contribution in [0.25, 0.3) is 11.1 Å². The highest BCUT2D eigenvalue weighted by atomic mass is 16.5. The first kappa shape index (κ1) is 9.02. The van der Waals surface area contributed by atoms with E-state index in [4.69, 9.17) is 9.15 Å². The average Bonchev–Trinajstić information content (AvgIpc) is 2.54. The summed E-state index contributed by atoms with van der Waals surface area (Å²) in [5.74, 6) is -0.413. The lowest BCUT2D eigenvalue weighted by Crippen LogP contribution is -1.94. The van der Waals surface area contributed by atoms with Gasteiger partial charge in [0.05, 0.1) is 12.1 Å². The van der Waals surface area contributed by atoms with Gasteiger partial charge >= 0.3 is 5.76 Å². The minimum atomic E-state index is -0.413. The van der Waals surface area contributed by atoms with Crippen molar-refractivity contribution >= 4 is 11.1 Å². The van der Waals surface area contributed by atoms with Gasteiger partial charge in [0, 0.05) is 7.11 Å². The van der Waals surface area contributed by atoms with E-state index in [2.05, 4.69) is 4.98 Å². The van der Waals surface area contributed by atoms with Gasteiger partial charge in [-0.15, -0.1) is 0 Å².